The van der Waals surface area contributed by atoms with Crippen LogP contribution in [-0.2, 0) is 16.6 Å². The van der Waals surface area contributed by atoms with E-state index in [9.17, 15) is 9.59 Å². The molecule has 220 valence electrons. The van der Waals surface area contributed by atoms with Gasteiger partial charge in [-0.3, -0.25) is 14.4 Å². The van der Waals surface area contributed by atoms with Gasteiger partial charge in [0.05, 0.1) is 12.0 Å². The number of nitrogens with zero attached hydrogens (tertiary/aromatic N) is 1. The molecule has 4 atom stereocenters. The number of allylic oxidation sites excluding steroid dienone is 1. The van der Waals surface area contributed by atoms with Crippen LogP contribution in [0.15, 0.2) is 109 Å². The van der Waals surface area contributed by atoms with E-state index < -0.39 is 23.4 Å². The largest absolute Gasteiger partial charge is 0.352 e. The summed E-state index contributed by atoms with van der Waals surface area (Å²) < 4.78 is 0. The maximum Gasteiger partial charge on any atom is 0.238 e. The summed E-state index contributed by atoms with van der Waals surface area (Å²) in [5, 5.41) is 3.12. The lowest BCUT2D eigenvalue weighted by Gasteiger charge is -2.39. The zero-order valence-corrected chi connectivity index (χ0v) is 25.1. The van der Waals surface area contributed by atoms with Gasteiger partial charge < -0.3 is 10.2 Å². The van der Waals surface area contributed by atoms with E-state index in [1.54, 1.807) is 12.1 Å². The summed E-state index contributed by atoms with van der Waals surface area (Å²) in [6, 6.07) is 31.2. The molecule has 0 bridgehead atoms. The van der Waals surface area contributed by atoms with Crippen LogP contribution in [0.4, 0.5) is 11.4 Å². The van der Waals surface area contributed by atoms with Crippen LogP contribution in [0.1, 0.15) is 70.5 Å². The van der Waals surface area contributed by atoms with Gasteiger partial charge in [-0.05, 0) is 48.6 Å². The Hall–Kier alpha value is -4.77. The van der Waals surface area contributed by atoms with Crippen molar-refractivity contribution < 1.29 is 14.4 Å². The predicted octanol–water partition coefficient (Wildman–Crippen LogP) is 7.67. The molecule has 3 heterocycles. The second kappa shape index (κ2) is 11.1. The fourth-order valence-corrected chi connectivity index (χ4v) is 7.75. The number of hydrogen-bond donors (Lipinski definition) is 1. The molecule has 0 aliphatic carbocycles. The van der Waals surface area contributed by atoms with Crippen molar-refractivity contribution in [3.8, 4) is 0 Å². The topological polar surface area (TPSA) is 66.5 Å². The van der Waals surface area contributed by atoms with Crippen molar-refractivity contribution in [1.29, 1.82) is 0 Å². The third kappa shape index (κ3) is 4.17. The van der Waals surface area contributed by atoms with Crippen LogP contribution in [0.5, 0.6) is 0 Å². The minimum atomic E-state index is -1.31. The standard InChI is InChI=1S/C39H36N2O3/c1-3-4-6-13-26-20-22-28(23-21-26)36(42)34-35(37(43)27-14-7-5-8-15-27)41-32-19-12-9-16-29(32)25(2)24-33(41)39(34)30-17-10-11-18-31(30)40-38(39)44/h5,7-12,14-24,33-35H,3-4,6,13H2,1-2H3,(H,40,44)/t33-,34-,35+,39-/m0/s1. The summed E-state index contributed by atoms with van der Waals surface area (Å²) in [7, 11) is 0. The van der Waals surface area contributed by atoms with Crippen LogP contribution in [0.25, 0.3) is 5.57 Å². The highest BCUT2D eigenvalue weighted by Gasteiger charge is 2.70. The number of amides is 1. The highest BCUT2D eigenvalue weighted by molar-refractivity contribution is 6.18. The van der Waals surface area contributed by atoms with E-state index in [0.717, 1.165) is 48.1 Å². The van der Waals surface area contributed by atoms with Crippen LogP contribution in [0.2, 0.25) is 0 Å². The number of benzene rings is 4. The van der Waals surface area contributed by atoms with Gasteiger partial charge in [-0.25, -0.2) is 0 Å². The van der Waals surface area contributed by atoms with Crippen molar-refractivity contribution in [2.75, 3.05) is 10.2 Å². The highest BCUT2D eigenvalue weighted by Crippen LogP contribution is 2.58. The molecule has 1 saturated heterocycles. The Labute approximate surface area is 258 Å². The molecule has 1 fully saturated rings. The summed E-state index contributed by atoms with van der Waals surface area (Å²) in [4.78, 5) is 46.4. The minimum Gasteiger partial charge on any atom is -0.352 e. The van der Waals surface area contributed by atoms with Gasteiger partial charge in [0.2, 0.25) is 5.91 Å². The number of aryl methyl sites for hydroxylation is 1. The maximum atomic E-state index is 15.0. The van der Waals surface area contributed by atoms with Crippen molar-refractivity contribution in [1.82, 2.24) is 0 Å². The number of carbonyl (C=O) groups excluding carboxylic acids is 3. The molecule has 0 radical (unpaired) electrons. The van der Waals surface area contributed by atoms with Gasteiger partial charge in [-0.15, -0.1) is 0 Å². The summed E-state index contributed by atoms with van der Waals surface area (Å²) in [6.45, 7) is 4.23. The molecule has 3 aliphatic heterocycles. The molecule has 5 heteroatoms. The number of rotatable bonds is 8. The Morgan fingerprint density at radius 3 is 2.25 bits per heavy atom. The summed E-state index contributed by atoms with van der Waals surface area (Å²) in [5.74, 6) is -1.56. The van der Waals surface area contributed by atoms with Crippen LogP contribution < -0.4 is 10.2 Å². The van der Waals surface area contributed by atoms with E-state index in [1.807, 2.05) is 97.9 Å². The maximum absolute atomic E-state index is 15.0. The molecule has 0 unspecified atom stereocenters. The molecule has 1 spiro atoms. The van der Waals surface area contributed by atoms with Crippen molar-refractivity contribution >= 4 is 34.4 Å². The number of Topliss-reactive ketones (excluding diaryl/α,β-unsaturated/α-hetero) is 2. The normalized spacial score (nSPS) is 23.0. The number of anilines is 2. The summed E-state index contributed by atoms with van der Waals surface area (Å²) >= 11 is 0. The average Bonchev–Trinajstić information content (AvgIpc) is 3.53. The van der Waals surface area contributed by atoms with E-state index in [0.29, 0.717) is 16.8 Å². The second-order valence-electron chi connectivity index (χ2n) is 12.3. The van der Waals surface area contributed by atoms with E-state index in [2.05, 4.69) is 23.2 Å². The van der Waals surface area contributed by atoms with Crippen LogP contribution in [0, 0.1) is 5.92 Å². The number of para-hydroxylation sites is 2. The van der Waals surface area contributed by atoms with Gasteiger partial charge in [0, 0.05) is 28.1 Å². The Morgan fingerprint density at radius 2 is 1.48 bits per heavy atom. The molecule has 1 amide bonds. The first kappa shape index (κ1) is 28.0. The Balaban J connectivity index is 1.46. The molecule has 5 nitrogen and oxygen atoms in total. The van der Waals surface area contributed by atoms with Crippen LogP contribution >= 0.6 is 0 Å². The zero-order valence-electron chi connectivity index (χ0n) is 25.1. The van der Waals surface area contributed by atoms with Crippen molar-refractivity contribution in [3.63, 3.8) is 0 Å². The predicted molar refractivity (Wildman–Crippen MR) is 175 cm³/mol. The number of unbranched alkanes of at least 4 members (excludes halogenated alkanes) is 2. The van der Waals surface area contributed by atoms with Crippen LogP contribution in [0.3, 0.4) is 0 Å². The molecule has 4 aromatic carbocycles. The van der Waals surface area contributed by atoms with Crippen molar-refractivity contribution in [2.24, 2.45) is 5.92 Å². The molecular formula is C39H36N2O3. The van der Waals surface area contributed by atoms with E-state index >= 15 is 4.79 Å². The van der Waals surface area contributed by atoms with Gasteiger partial charge in [0.15, 0.2) is 11.6 Å². The monoisotopic (exact) mass is 580 g/mol. The lowest BCUT2D eigenvalue weighted by Crippen LogP contribution is -2.51. The first-order chi connectivity index (χ1) is 21.5. The third-order valence-corrected chi connectivity index (χ3v) is 9.80. The SMILES string of the molecule is CCCCCc1ccc(C(=O)[C@@H]2[C@H](C(=O)c3ccccc3)N3c4ccccc4C(C)=C[C@H]3[C@]23C(=O)Nc2ccccc23)cc1. The Bertz CT molecular complexity index is 1790. The van der Waals surface area contributed by atoms with Crippen molar-refractivity contribution in [2.45, 2.75) is 57.0 Å². The third-order valence-electron chi connectivity index (χ3n) is 9.80. The van der Waals surface area contributed by atoms with Gasteiger partial charge in [0.1, 0.15) is 11.5 Å². The zero-order chi connectivity index (χ0) is 30.4. The lowest BCUT2D eigenvalue weighted by molar-refractivity contribution is -0.121. The Kier molecular flexibility index (Phi) is 7.04. The van der Waals surface area contributed by atoms with E-state index in [4.69, 9.17) is 0 Å². The number of hydrogen-bond acceptors (Lipinski definition) is 4. The number of nitrogens with one attached hydrogen (secondary N) is 1. The first-order valence-electron chi connectivity index (χ1n) is 15.7. The molecule has 0 aromatic heterocycles. The van der Waals surface area contributed by atoms with Gasteiger partial charge in [-0.2, -0.15) is 0 Å². The minimum absolute atomic E-state index is 0.165. The lowest BCUT2D eigenvalue weighted by atomic mass is 9.64. The first-order valence-corrected chi connectivity index (χ1v) is 15.7. The summed E-state index contributed by atoms with van der Waals surface area (Å²) in [5.41, 5.74) is 5.26. The fraction of sp³-hybridized carbons (Fsp3) is 0.256. The Morgan fingerprint density at radius 1 is 0.795 bits per heavy atom. The number of fused-ring (bicyclic) bond motifs is 6. The molecular weight excluding hydrogens is 544 g/mol. The molecule has 7 rings (SSSR count). The smallest absolute Gasteiger partial charge is 0.238 e. The summed E-state index contributed by atoms with van der Waals surface area (Å²) in [6.07, 6.45) is 6.46. The molecule has 1 N–H and O–H groups in total. The quantitative estimate of drug-likeness (QED) is 0.172. The van der Waals surface area contributed by atoms with E-state index in [-0.39, 0.29) is 17.5 Å². The molecule has 4 aromatic rings. The van der Waals surface area contributed by atoms with Crippen molar-refractivity contribution in [3.05, 3.63) is 137 Å². The highest BCUT2D eigenvalue weighted by atomic mass is 16.2. The van der Waals surface area contributed by atoms with Crippen LogP contribution in [-0.4, -0.2) is 29.6 Å². The van der Waals surface area contributed by atoms with Gasteiger partial charge in [-0.1, -0.05) is 117 Å². The molecule has 44 heavy (non-hydrogen) atoms. The fourth-order valence-electron chi connectivity index (χ4n) is 7.75. The van der Waals surface area contributed by atoms with E-state index in [1.165, 1.54) is 5.56 Å². The van der Waals surface area contributed by atoms with Gasteiger partial charge >= 0.3 is 0 Å². The number of carbonyl (C=O) groups is 3. The number of ketones is 2. The van der Waals surface area contributed by atoms with Gasteiger partial charge in [0.25, 0.3) is 0 Å². The molecule has 0 saturated carbocycles. The molecule has 3 aliphatic rings. The second-order valence-corrected chi connectivity index (χ2v) is 12.3. The average molecular weight is 581 g/mol.